The van der Waals surface area contributed by atoms with Crippen LogP contribution in [0, 0.1) is 11.8 Å². The van der Waals surface area contributed by atoms with Gasteiger partial charge < -0.3 is 9.64 Å². The number of likely N-dealkylation sites (tertiary alicyclic amines) is 1. The topological polar surface area (TPSA) is 73.1 Å². The average Bonchev–Trinajstić information content (AvgIpc) is 3.46. The number of aromatic nitrogens is 4. The van der Waals surface area contributed by atoms with E-state index < -0.39 is 0 Å². The molecule has 1 saturated heterocycles. The number of amides is 1. The SMILES string of the molecule is CC#CC(=O)N1CCC[C@H]1Cn1nc(-c2ccc(Oc3ccncc3)cc2)c2cncc(Cl)c21. The second kappa shape index (κ2) is 9.54. The van der Waals surface area contributed by atoms with Crippen LogP contribution in [-0.2, 0) is 11.3 Å². The summed E-state index contributed by atoms with van der Waals surface area (Å²) in [5.74, 6) is 6.66. The highest BCUT2D eigenvalue weighted by Crippen LogP contribution is 2.33. The lowest BCUT2D eigenvalue weighted by Gasteiger charge is -2.22. The van der Waals surface area contributed by atoms with Crippen molar-refractivity contribution in [3.8, 4) is 34.6 Å². The van der Waals surface area contributed by atoms with Crippen molar-refractivity contribution in [2.45, 2.75) is 32.4 Å². The van der Waals surface area contributed by atoms with Crippen molar-refractivity contribution in [3.63, 3.8) is 0 Å². The monoisotopic (exact) mass is 471 g/mol. The molecule has 34 heavy (non-hydrogen) atoms. The van der Waals surface area contributed by atoms with E-state index in [1.165, 1.54) is 0 Å². The molecule has 0 aliphatic carbocycles. The third-order valence-corrected chi connectivity index (χ3v) is 6.15. The highest BCUT2D eigenvalue weighted by molar-refractivity contribution is 6.35. The Bertz CT molecular complexity index is 1390. The zero-order valence-corrected chi connectivity index (χ0v) is 19.4. The lowest BCUT2D eigenvalue weighted by molar-refractivity contribution is -0.126. The van der Waals surface area contributed by atoms with Crippen molar-refractivity contribution >= 4 is 28.4 Å². The van der Waals surface area contributed by atoms with E-state index in [0.717, 1.165) is 40.8 Å². The summed E-state index contributed by atoms with van der Waals surface area (Å²) in [4.78, 5) is 22.6. The van der Waals surface area contributed by atoms with Gasteiger partial charge in [-0.15, -0.1) is 0 Å². The Balaban J connectivity index is 1.46. The van der Waals surface area contributed by atoms with Crippen LogP contribution in [0.25, 0.3) is 22.2 Å². The van der Waals surface area contributed by atoms with Crippen LogP contribution >= 0.6 is 11.6 Å². The summed E-state index contributed by atoms with van der Waals surface area (Å²) in [6, 6.07) is 11.4. The normalized spacial score (nSPS) is 15.2. The molecule has 0 unspecified atom stereocenters. The van der Waals surface area contributed by atoms with Gasteiger partial charge in [0.2, 0.25) is 0 Å². The van der Waals surface area contributed by atoms with E-state index in [1.807, 2.05) is 33.8 Å². The maximum Gasteiger partial charge on any atom is 0.298 e. The van der Waals surface area contributed by atoms with Gasteiger partial charge in [-0.25, -0.2) is 0 Å². The van der Waals surface area contributed by atoms with Crippen molar-refractivity contribution in [3.05, 3.63) is 66.2 Å². The first-order valence-corrected chi connectivity index (χ1v) is 11.4. The van der Waals surface area contributed by atoms with E-state index in [-0.39, 0.29) is 11.9 Å². The summed E-state index contributed by atoms with van der Waals surface area (Å²) in [7, 11) is 0. The minimum atomic E-state index is -0.140. The van der Waals surface area contributed by atoms with Gasteiger partial charge in [0.15, 0.2) is 0 Å². The van der Waals surface area contributed by atoms with Gasteiger partial charge in [-0.1, -0.05) is 17.5 Å². The number of rotatable bonds is 5. The predicted molar refractivity (Wildman–Crippen MR) is 130 cm³/mol. The number of pyridine rings is 2. The molecule has 0 radical (unpaired) electrons. The van der Waals surface area contributed by atoms with E-state index in [1.54, 1.807) is 43.8 Å². The molecule has 8 heteroatoms. The van der Waals surface area contributed by atoms with Gasteiger partial charge >= 0.3 is 0 Å². The number of halogens is 1. The molecule has 1 atom stereocenters. The number of ether oxygens (including phenoxy) is 1. The molecular weight excluding hydrogens is 450 g/mol. The highest BCUT2D eigenvalue weighted by Gasteiger charge is 2.29. The number of hydrogen-bond acceptors (Lipinski definition) is 5. The van der Waals surface area contributed by atoms with E-state index in [9.17, 15) is 4.79 Å². The van der Waals surface area contributed by atoms with Gasteiger partial charge in [0.25, 0.3) is 5.91 Å². The number of fused-ring (bicyclic) bond motifs is 1. The third kappa shape index (κ3) is 4.33. The smallest absolute Gasteiger partial charge is 0.298 e. The van der Waals surface area contributed by atoms with Crippen molar-refractivity contribution in [2.75, 3.05) is 6.54 Å². The molecule has 4 heterocycles. The maximum absolute atomic E-state index is 12.4. The zero-order valence-electron chi connectivity index (χ0n) is 18.6. The second-order valence-electron chi connectivity index (χ2n) is 8.03. The number of carbonyl (C=O) groups excluding carboxylic acids is 1. The fourth-order valence-electron chi connectivity index (χ4n) is 4.33. The van der Waals surface area contributed by atoms with Crippen LogP contribution in [0.5, 0.6) is 11.5 Å². The second-order valence-corrected chi connectivity index (χ2v) is 8.43. The molecule has 7 nitrogen and oxygen atoms in total. The molecular formula is C26H22ClN5O2. The van der Waals surface area contributed by atoms with Crippen LogP contribution in [0.4, 0.5) is 0 Å². The molecule has 1 amide bonds. The fraction of sp³-hybridized carbons (Fsp3) is 0.231. The first kappa shape index (κ1) is 21.9. The molecule has 1 aliphatic heterocycles. The minimum Gasteiger partial charge on any atom is -0.457 e. The maximum atomic E-state index is 12.4. The Morgan fingerprint density at radius 1 is 1.12 bits per heavy atom. The highest BCUT2D eigenvalue weighted by atomic mass is 35.5. The first-order chi connectivity index (χ1) is 16.6. The Hall–Kier alpha value is -3.89. The molecule has 0 saturated carbocycles. The van der Waals surface area contributed by atoms with Gasteiger partial charge in [-0.2, -0.15) is 5.10 Å². The van der Waals surface area contributed by atoms with Crippen molar-refractivity contribution in [1.82, 2.24) is 24.6 Å². The largest absolute Gasteiger partial charge is 0.457 e. The molecule has 5 rings (SSSR count). The minimum absolute atomic E-state index is 0.0182. The molecule has 1 fully saturated rings. The molecule has 0 N–H and O–H groups in total. The van der Waals surface area contributed by atoms with Gasteiger partial charge in [0.05, 0.1) is 23.1 Å². The zero-order chi connectivity index (χ0) is 23.5. The Labute approximate surface area is 202 Å². The van der Waals surface area contributed by atoms with Gasteiger partial charge in [0.1, 0.15) is 17.2 Å². The molecule has 0 spiro atoms. The van der Waals surface area contributed by atoms with Crippen LogP contribution in [-0.4, -0.2) is 43.1 Å². The summed E-state index contributed by atoms with van der Waals surface area (Å²) >= 11 is 6.56. The summed E-state index contributed by atoms with van der Waals surface area (Å²) in [6.07, 6.45) is 8.62. The molecule has 0 bridgehead atoms. The Morgan fingerprint density at radius 2 is 1.88 bits per heavy atom. The van der Waals surface area contributed by atoms with Crippen LogP contribution < -0.4 is 4.74 Å². The summed E-state index contributed by atoms with van der Waals surface area (Å²) < 4.78 is 7.77. The summed E-state index contributed by atoms with van der Waals surface area (Å²) in [6.45, 7) is 2.93. The third-order valence-electron chi connectivity index (χ3n) is 5.87. The number of carbonyl (C=O) groups is 1. The fourth-order valence-corrected chi connectivity index (χ4v) is 4.58. The number of nitrogens with zero attached hydrogens (tertiary/aromatic N) is 5. The van der Waals surface area contributed by atoms with Gasteiger partial charge in [-0.05, 0) is 62.1 Å². The van der Waals surface area contributed by atoms with Crippen molar-refractivity contribution in [2.24, 2.45) is 0 Å². The molecule has 1 aromatic carbocycles. The average molecular weight is 472 g/mol. The number of benzene rings is 1. The van der Waals surface area contributed by atoms with Crippen LogP contribution in [0.1, 0.15) is 19.8 Å². The van der Waals surface area contributed by atoms with E-state index in [4.69, 9.17) is 21.4 Å². The predicted octanol–water partition coefficient (Wildman–Crippen LogP) is 4.95. The molecule has 1 aliphatic rings. The lowest BCUT2D eigenvalue weighted by Crippen LogP contribution is -2.37. The van der Waals surface area contributed by atoms with Gasteiger partial charge in [-0.3, -0.25) is 19.4 Å². The van der Waals surface area contributed by atoms with Crippen LogP contribution in [0.3, 0.4) is 0 Å². The van der Waals surface area contributed by atoms with E-state index in [2.05, 4.69) is 21.8 Å². The molecule has 170 valence electrons. The number of hydrogen-bond donors (Lipinski definition) is 0. The summed E-state index contributed by atoms with van der Waals surface area (Å²) in [5.41, 5.74) is 2.51. The Morgan fingerprint density at radius 3 is 2.65 bits per heavy atom. The van der Waals surface area contributed by atoms with Crippen molar-refractivity contribution in [1.29, 1.82) is 0 Å². The quantitative estimate of drug-likeness (QED) is 0.385. The van der Waals surface area contributed by atoms with Gasteiger partial charge in [0, 0.05) is 42.3 Å². The van der Waals surface area contributed by atoms with Crippen LogP contribution in [0.2, 0.25) is 5.02 Å². The summed E-state index contributed by atoms with van der Waals surface area (Å²) in [5, 5.41) is 6.29. The first-order valence-electron chi connectivity index (χ1n) is 11.1. The van der Waals surface area contributed by atoms with Crippen molar-refractivity contribution < 1.29 is 9.53 Å². The van der Waals surface area contributed by atoms with E-state index in [0.29, 0.717) is 23.9 Å². The molecule has 4 aromatic rings. The lowest BCUT2D eigenvalue weighted by atomic mass is 10.1. The van der Waals surface area contributed by atoms with Crippen LogP contribution in [0.15, 0.2) is 61.2 Å². The van der Waals surface area contributed by atoms with E-state index >= 15 is 0 Å². The Kier molecular flexibility index (Phi) is 6.15. The standard InChI is InChI=1S/C26H22ClN5O2/c1-2-4-24(33)31-14-3-5-19(31)17-32-26-22(15-29-16-23(26)27)25(30-32)18-6-8-20(9-7-18)34-21-10-12-28-13-11-21/h6-13,15-16,19H,3,5,14,17H2,1H3/t19-/m0/s1. The molecule has 3 aromatic heterocycles.